The van der Waals surface area contributed by atoms with E-state index in [4.69, 9.17) is 4.74 Å². The van der Waals surface area contributed by atoms with Crippen molar-refractivity contribution in [2.24, 2.45) is 0 Å². The van der Waals surface area contributed by atoms with Crippen molar-refractivity contribution in [1.82, 2.24) is 14.7 Å². The van der Waals surface area contributed by atoms with E-state index in [1.54, 1.807) is 13.1 Å². The molecule has 0 saturated carbocycles. The second-order valence-electron chi connectivity index (χ2n) is 7.13. The molecule has 0 radical (unpaired) electrons. The summed E-state index contributed by atoms with van der Waals surface area (Å²) >= 11 is 1.40. The van der Waals surface area contributed by atoms with E-state index in [1.807, 2.05) is 6.26 Å². The Hall–Kier alpha value is -2.10. The van der Waals surface area contributed by atoms with E-state index in [-0.39, 0.29) is 24.5 Å². The zero-order chi connectivity index (χ0) is 21.0. The van der Waals surface area contributed by atoms with Gasteiger partial charge in [0, 0.05) is 44.7 Å². The Kier molecular flexibility index (Phi) is 7.15. The number of benzene rings is 1. The third kappa shape index (κ3) is 5.09. The largest absolute Gasteiger partial charge is 0.503 e. The molecule has 0 aromatic heterocycles. The van der Waals surface area contributed by atoms with Crippen molar-refractivity contribution in [1.29, 1.82) is 0 Å². The monoisotopic (exact) mass is 423 g/mol. The van der Waals surface area contributed by atoms with Crippen LogP contribution < -0.4 is 0 Å². The molecule has 3 rings (SSSR count). The summed E-state index contributed by atoms with van der Waals surface area (Å²) in [6.45, 7) is 4.44. The molecular weight excluding hydrogens is 397 g/mol. The number of morpholine rings is 1. The number of thioether (sulfide) groups is 1. The molecule has 1 N–H and O–H groups in total. The van der Waals surface area contributed by atoms with Crippen LogP contribution in [-0.4, -0.2) is 90.9 Å². The van der Waals surface area contributed by atoms with Crippen molar-refractivity contribution >= 4 is 23.6 Å². The van der Waals surface area contributed by atoms with Gasteiger partial charge in [-0.05, 0) is 24.0 Å². The fourth-order valence-electron chi connectivity index (χ4n) is 3.46. The van der Waals surface area contributed by atoms with Gasteiger partial charge >= 0.3 is 0 Å². The molecule has 7 nitrogen and oxygen atoms in total. The highest BCUT2D eigenvalue weighted by Gasteiger charge is 2.35. The van der Waals surface area contributed by atoms with Crippen LogP contribution in [-0.2, 0) is 20.9 Å². The topological polar surface area (TPSA) is 73.3 Å². The molecule has 2 aliphatic rings. The summed E-state index contributed by atoms with van der Waals surface area (Å²) in [7, 11) is 1.61. The second-order valence-corrected chi connectivity index (χ2v) is 7.97. The van der Waals surface area contributed by atoms with Gasteiger partial charge < -0.3 is 19.6 Å². The maximum absolute atomic E-state index is 13.4. The van der Waals surface area contributed by atoms with Crippen molar-refractivity contribution in [3.05, 3.63) is 40.9 Å². The number of amides is 2. The lowest BCUT2D eigenvalue weighted by molar-refractivity contribution is -0.128. The first-order valence-electron chi connectivity index (χ1n) is 9.50. The van der Waals surface area contributed by atoms with Gasteiger partial charge in [-0.15, -0.1) is 11.8 Å². The van der Waals surface area contributed by atoms with E-state index in [0.717, 1.165) is 23.5 Å². The quantitative estimate of drug-likeness (QED) is 0.670. The maximum Gasteiger partial charge on any atom is 0.289 e. The summed E-state index contributed by atoms with van der Waals surface area (Å²) in [6.07, 6.45) is 1.84. The Balaban J connectivity index is 1.61. The number of rotatable bonds is 7. The number of hydrogen-bond donors (Lipinski definition) is 1. The minimum absolute atomic E-state index is 0.0942. The van der Waals surface area contributed by atoms with E-state index < -0.39 is 17.6 Å². The summed E-state index contributed by atoms with van der Waals surface area (Å²) < 4.78 is 18.7. The molecule has 2 aliphatic heterocycles. The molecule has 1 aromatic carbocycles. The number of carbonyl (C=O) groups excluding carboxylic acids is 2. The van der Waals surface area contributed by atoms with Crippen LogP contribution in [0.2, 0.25) is 0 Å². The zero-order valence-corrected chi connectivity index (χ0v) is 17.5. The Labute approximate surface area is 174 Å². The number of aliphatic hydroxyl groups is 1. The highest BCUT2D eigenvalue weighted by molar-refractivity contribution is 7.98. The Morgan fingerprint density at radius 3 is 2.72 bits per heavy atom. The molecule has 1 aromatic rings. The van der Waals surface area contributed by atoms with E-state index >= 15 is 0 Å². The van der Waals surface area contributed by atoms with Crippen molar-refractivity contribution in [3.63, 3.8) is 0 Å². The number of nitrogens with zero attached hydrogens (tertiary/aromatic N) is 3. The number of likely N-dealkylation sites (N-methyl/N-ethyl adjacent to an activating group) is 1. The first kappa shape index (κ1) is 21.6. The zero-order valence-electron chi connectivity index (χ0n) is 16.7. The highest BCUT2D eigenvalue weighted by atomic mass is 32.2. The number of halogens is 1. The van der Waals surface area contributed by atoms with Crippen LogP contribution in [0.1, 0.15) is 5.56 Å². The van der Waals surface area contributed by atoms with Crippen molar-refractivity contribution in [3.8, 4) is 0 Å². The molecule has 0 aliphatic carbocycles. The van der Waals surface area contributed by atoms with Crippen LogP contribution in [0.3, 0.4) is 0 Å². The third-order valence-electron chi connectivity index (χ3n) is 5.18. The average Bonchev–Trinajstić information content (AvgIpc) is 3.02. The van der Waals surface area contributed by atoms with Gasteiger partial charge in [-0.2, -0.15) is 0 Å². The lowest BCUT2D eigenvalue weighted by Crippen LogP contribution is -2.42. The van der Waals surface area contributed by atoms with Gasteiger partial charge in [0.25, 0.3) is 11.8 Å². The normalized spacial score (nSPS) is 17.9. The molecular formula is C20H26FN3O4S. The van der Waals surface area contributed by atoms with E-state index in [1.165, 1.54) is 33.7 Å². The van der Waals surface area contributed by atoms with Crippen molar-refractivity contribution in [2.45, 2.75) is 11.4 Å². The molecule has 158 valence electrons. The van der Waals surface area contributed by atoms with Crippen molar-refractivity contribution in [2.75, 3.05) is 59.2 Å². The minimum atomic E-state index is -0.512. The number of hydrogen-bond acceptors (Lipinski definition) is 6. The molecule has 2 heterocycles. The lowest BCUT2D eigenvalue weighted by Gasteiger charge is -2.28. The van der Waals surface area contributed by atoms with Gasteiger partial charge in [0.15, 0.2) is 5.76 Å². The lowest BCUT2D eigenvalue weighted by atomic mass is 10.1. The highest BCUT2D eigenvalue weighted by Crippen LogP contribution is 2.24. The summed E-state index contributed by atoms with van der Waals surface area (Å²) in [5, 5.41) is 10.2. The molecule has 0 unspecified atom stereocenters. The first-order valence-corrected chi connectivity index (χ1v) is 10.7. The molecule has 0 atom stereocenters. The summed E-state index contributed by atoms with van der Waals surface area (Å²) in [6, 6.07) is 4.44. The molecule has 0 spiro atoms. The Morgan fingerprint density at radius 1 is 1.31 bits per heavy atom. The predicted molar refractivity (Wildman–Crippen MR) is 108 cm³/mol. The average molecular weight is 424 g/mol. The smallest absolute Gasteiger partial charge is 0.289 e. The SMILES string of the molecule is CSc1cc(F)ccc1CN(C)C(=O)C1=C(O)C(=O)N(CCN2CCOCC2)C1. The maximum atomic E-state index is 13.4. The third-order valence-corrected chi connectivity index (χ3v) is 6.00. The van der Waals surface area contributed by atoms with Gasteiger partial charge in [-0.25, -0.2) is 4.39 Å². The first-order chi connectivity index (χ1) is 13.9. The van der Waals surface area contributed by atoms with Crippen LogP contribution in [0, 0.1) is 5.82 Å². The predicted octanol–water partition coefficient (Wildman–Crippen LogP) is 1.49. The fourth-order valence-corrected chi connectivity index (χ4v) is 4.08. The molecule has 1 fully saturated rings. The Morgan fingerprint density at radius 2 is 2.03 bits per heavy atom. The summed E-state index contributed by atoms with van der Waals surface area (Å²) in [5.41, 5.74) is 0.913. The molecule has 29 heavy (non-hydrogen) atoms. The van der Waals surface area contributed by atoms with Gasteiger partial charge in [-0.1, -0.05) is 6.07 Å². The van der Waals surface area contributed by atoms with Crippen LogP contribution >= 0.6 is 11.8 Å². The van der Waals surface area contributed by atoms with Gasteiger partial charge in [0.05, 0.1) is 25.3 Å². The standard InChI is InChI=1S/C20H26FN3O4S/c1-22(12-14-3-4-15(21)11-17(14)29-2)19(26)16-13-24(20(27)18(16)25)6-5-23-7-9-28-10-8-23/h3-4,11,25H,5-10,12-13H2,1-2H3. The molecule has 9 heteroatoms. The number of ether oxygens (including phenoxy) is 1. The van der Waals surface area contributed by atoms with Crippen LogP contribution in [0.4, 0.5) is 4.39 Å². The van der Waals surface area contributed by atoms with Gasteiger partial charge in [0.1, 0.15) is 5.82 Å². The summed E-state index contributed by atoms with van der Waals surface area (Å²) in [4.78, 5) is 31.1. The molecule has 2 amide bonds. The van der Waals surface area contributed by atoms with Gasteiger partial charge in [0.2, 0.25) is 0 Å². The molecule has 0 bridgehead atoms. The second kappa shape index (κ2) is 9.60. The minimum Gasteiger partial charge on any atom is -0.503 e. The van der Waals surface area contributed by atoms with Crippen molar-refractivity contribution < 1.29 is 23.8 Å². The molecule has 1 saturated heterocycles. The fraction of sp³-hybridized carbons (Fsp3) is 0.500. The van der Waals surface area contributed by atoms with E-state index in [9.17, 15) is 19.1 Å². The number of aliphatic hydroxyl groups excluding tert-OH is 1. The van der Waals surface area contributed by atoms with Crippen LogP contribution in [0.5, 0.6) is 0 Å². The van der Waals surface area contributed by atoms with Crippen LogP contribution in [0.15, 0.2) is 34.4 Å². The van der Waals surface area contributed by atoms with Gasteiger partial charge in [-0.3, -0.25) is 14.5 Å². The Bertz CT molecular complexity index is 811. The summed E-state index contributed by atoms with van der Waals surface area (Å²) in [5.74, 6) is -1.72. The van der Waals surface area contributed by atoms with E-state index in [0.29, 0.717) is 26.3 Å². The number of carbonyl (C=O) groups is 2. The van der Waals surface area contributed by atoms with E-state index in [2.05, 4.69) is 4.90 Å². The van der Waals surface area contributed by atoms with Crippen LogP contribution in [0.25, 0.3) is 0 Å².